The molecule has 0 radical (unpaired) electrons. The maximum absolute atomic E-state index is 11.9. The molecule has 6 nitrogen and oxygen atoms in total. The number of hydrogen-bond donors (Lipinski definition) is 0. The zero-order valence-electron chi connectivity index (χ0n) is 10.8. The van der Waals surface area contributed by atoms with Crippen molar-refractivity contribution in [1.29, 1.82) is 0 Å². The van der Waals surface area contributed by atoms with Crippen LogP contribution in [-0.4, -0.2) is 27.7 Å². The van der Waals surface area contributed by atoms with Gasteiger partial charge in [-0.3, -0.25) is 0 Å². The summed E-state index contributed by atoms with van der Waals surface area (Å²) in [7, 11) is 1.30. The Morgan fingerprint density at radius 1 is 1.48 bits per heavy atom. The molecular weight excluding hydrogens is 362 g/mol. The van der Waals surface area contributed by atoms with E-state index in [4.69, 9.17) is 20.8 Å². The van der Waals surface area contributed by atoms with Gasteiger partial charge in [0.2, 0.25) is 0 Å². The maximum Gasteiger partial charge on any atom is 0.360 e. The van der Waals surface area contributed by atoms with E-state index in [-0.39, 0.29) is 11.5 Å². The number of nitrogens with zero attached hydrogens (tertiary/aromatic N) is 3. The van der Waals surface area contributed by atoms with Crippen molar-refractivity contribution in [2.75, 3.05) is 7.11 Å². The third-order valence-electron chi connectivity index (χ3n) is 2.88. The molecule has 0 unspecified atom stereocenters. The van der Waals surface area contributed by atoms with Gasteiger partial charge in [0.25, 0.3) is 0 Å². The van der Waals surface area contributed by atoms with Gasteiger partial charge in [-0.05, 0) is 12.1 Å². The Morgan fingerprint density at radius 3 is 2.90 bits per heavy atom. The van der Waals surface area contributed by atoms with Crippen LogP contribution in [0.2, 0.25) is 5.02 Å². The van der Waals surface area contributed by atoms with Crippen LogP contribution in [0.4, 0.5) is 0 Å². The van der Waals surface area contributed by atoms with Gasteiger partial charge in [0.05, 0.1) is 17.5 Å². The monoisotopic (exact) mass is 369 g/mol. The first-order valence-electron chi connectivity index (χ1n) is 5.93. The molecule has 0 bridgehead atoms. The average molecular weight is 371 g/mol. The smallest absolute Gasteiger partial charge is 0.360 e. The van der Waals surface area contributed by atoms with Crippen LogP contribution in [0.25, 0.3) is 17.2 Å². The minimum atomic E-state index is -0.543. The van der Waals surface area contributed by atoms with Crippen LogP contribution in [0, 0.1) is 0 Å². The molecule has 8 heteroatoms. The quantitative estimate of drug-likeness (QED) is 0.522. The van der Waals surface area contributed by atoms with Gasteiger partial charge in [0.15, 0.2) is 17.3 Å². The fourth-order valence-electron chi connectivity index (χ4n) is 1.93. The van der Waals surface area contributed by atoms with E-state index in [1.165, 1.54) is 11.6 Å². The van der Waals surface area contributed by atoms with Crippen molar-refractivity contribution >= 4 is 39.3 Å². The molecule has 0 aliphatic rings. The van der Waals surface area contributed by atoms with Crippen molar-refractivity contribution in [3.05, 3.63) is 40.7 Å². The van der Waals surface area contributed by atoms with Crippen LogP contribution in [0.15, 0.2) is 28.7 Å². The fraction of sp³-hybridized carbons (Fsp3) is 0.154. The number of hydrogen-bond acceptors (Lipinski definition) is 5. The van der Waals surface area contributed by atoms with Crippen molar-refractivity contribution in [2.24, 2.45) is 0 Å². The average Bonchev–Trinajstić information content (AvgIpc) is 3.03. The number of aromatic nitrogens is 3. The minimum absolute atomic E-state index is 0.204. The molecule has 21 heavy (non-hydrogen) atoms. The molecule has 0 N–H and O–H groups in total. The molecule has 0 atom stereocenters. The first-order chi connectivity index (χ1) is 10.2. The highest BCUT2D eigenvalue weighted by molar-refractivity contribution is 9.08. The summed E-state index contributed by atoms with van der Waals surface area (Å²) >= 11 is 9.37. The van der Waals surface area contributed by atoms with Gasteiger partial charge in [-0.2, -0.15) is 9.50 Å². The highest BCUT2D eigenvalue weighted by atomic mass is 79.9. The standard InChI is InChI=1S/C13H9BrClN3O3/c1-20-12(19)10-9(6-14)21-13-16-11(17-18(10)13)7-4-2-3-5-8(7)15/h2-5H,6H2,1H3. The molecule has 108 valence electrons. The largest absolute Gasteiger partial charge is 0.464 e. The molecule has 0 saturated heterocycles. The Balaban J connectivity index is 2.20. The van der Waals surface area contributed by atoms with E-state index in [1.807, 2.05) is 12.1 Å². The van der Waals surface area contributed by atoms with E-state index < -0.39 is 5.97 Å². The number of halogens is 2. The zero-order valence-corrected chi connectivity index (χ0v) is 13.2. The summed E-state index contributed by atoms with van der Waals surface area (Å²) in [6, 6.07) is 7.18. The third-order valence-corrected chi connectivity index (χ3v) is 3.72. The first-order valence-corrected chi connectivity index (χ1v) is 7.43. The van der Waals surface area contributed by atoms with Gasteiger partial charge in [-0.25, -0.2) is 4.79 Å². The fourth-order valence-corrected chi connectivity index (χ4v) is 2.53. The topological polar surface area (TPSA) is 69.6 Å². The molecule has 2 heterocycles. The van der Waals surface area contributed by atoms with Gasteiger partial charge >= 0.3 is 11.8 Å². The second-order valence-corrected chi connectivity index (χ2v) is 5.08. The predicted octanol–water partition coefficient (Wildman–Crippen LogP) is 3.32. The Morgan fingerprint density at radius 2 is 2.24 bits per heavy atom. The number of carbonyl (C=O) groups is 1. The van der Waals surface area contributed by atoms with E-state index >= 15 is 0 Å². The second kappa shape index (κ2) is 5.50. The Bertz CT molecular complexity index is 827. The molecule has 0 aliphatic carbocycles. The summed E-state index contributed by atoms with van der Waals surface area (Å²) in [4.78, 5) is 16.1. The summed E-state index contributed by atoms with van der Waals surface area (Å²) in [5, 5.41) is 5.16. The lowest BCUT2D eigenvalue weighted by atomic mass is 10.2. The number of ether oxygens (including phenoxy) is 1. The molecule has 3 aromatic rings. The van der Waals surface area contributed by atoms with Crippen molar-refractivity contribution in [1.82, 2.24) is 14.6 Å². The van der Waals surface area contributed by atoms with Crippen LogP contribution < -0.4 is 0 Å². The normalized spacial score (nSPS) is 11.0. The maximum atomic E-state index is 11.9. The van der Waals surface area contributed by atoms with E-state index in [0.29, 0.717) is 27.5 Å². The van der Waals surface area contributed by atoms with E-state index in [2.05, 4.69) is 26.0 Å². The number of oxazole rings is 1. The van der Waals surface area contributed by atoms with Gasteiger partial charge in [0.1, 0.15) is 0 Å². The lowest BCUT2D eigenvalue weighted by Crippen LogP contribution is -2.08. The molecule has 3 rings (SSSR count). The van der Waals surface area contributed by atoms with Gasteiger partial charge in [0, 0.05) is 5.56 Å². The number of fused-ring (bicyclic) bond motifs is 1. The SMILES string of the molecule is COC(=O)c1c(CBr)oc2nc(-c3ccccc3Cl)nn12. The van der Waals surface area contributed by atoms with Crippen molar-refractivity contribution in [3.63, 3.8) is 0 Å². The summed E-state index contributed by atoms with van der Waals surface area (Å²) in [6.45, 7) is 0. The number of rotatable bonds is 3. The molecule has 1 aromatic carbocycles. The van der Waals surface area contributed by atoms with E-state index in [9.17, 15) is 4.79 Å². The Labute approximate surface area is 132 Å². The van der Waals surface area contributed by atoms with Gasteiger partial charge in [-0.15, -0.1) is 5.10 Å². The Hall–Kier alpha value is -1.86. The molecule has 0 aliphatic heterocycles. The lowest BCUT2D eigenvalue weighted by Gasteiger charge is -1.99. The number of methoxy groups -OCH3 is 1. The summed E-state index contributed by atoms with van der Waals surface area (Å²) < 4.78 is 11.6. The van der Waals surface area contributed by atoms with E-state index in [1.54, 1.807) is 12.1 Å². The summed E-state index contributed by atoms with van der Waals surface area (Å²) in [6.07, 6.45) is 0. The summed E-state index contributed by atoms with van der Waals surface area (Å²) in [5.74, 6) is 0.451. The molecule has 0 amide bonds. The van der Waals surface area contributed by atoms with Crippen LogP contribution in [0.5, 0.6) is 0 Å². The van der Waals surface area contributed by atoms with Crippen molar-refractivity contribution in [3.8, 4) is 11.4 Å². The zero-order chi connectivity index (χ0) is 15.0. The number of alkyl halides is 1. The second-order valence-electron chi connectivity index (χ2n) is 4.11. The van der Waals surface area contributed by atoms with Crippen LogP contribution in [0.3, 0.4) is 0 Å². The molecule has 2 aromatic heterocycles. The van der Waals surface area contributed by atoms with Crippen molar-refractivity contribution < 1.29 is 13.9 Å². The minimum Gasteiger partial charge on any atom is -0.464 e. The molecule has 0 fully saturated rings. The third kappa shape index (κ3) is 2.32. The number of carbonyl (C=O) groups excluding carboxylic acids is 1. The molecular formula is C13H9BrClN3O3. The Kier molecular flexibility index (Phi) is 3.69. The van der Waals surface area contributed by atoms with Crippen molar-refractivity contribution in [2.45, 2.75) is 5.33 Å². The summed E-state index contributed by atoms with van der Waals surface area (Å²) in [5.41, 5.74) is 0.865. The lowest BCUT2D eigenvalue weighted by molar-refractivity contribution is 0.0589. The number of benzene rings is 1. The van der Waals surface area contributed by atoms with Gasteiger partial charge in [-0.1, -0.05) is 39.7 Å². The molecule has 0 spiro atoms. The van der Waals surface area contributed by atoms with Crippen LogP contribution in [-0.2, 0) is 10.1 Å². The van der Waals surface area contributed by atoms with Crippen LogP contribution in [0.1, 0.15) is 16.2 Å². The van der Waals surface area contributed by atoms with Gasteiger partial charge < -0.3 is 9.15 Å². The number of esters is 1. The highest BCUT2D eigenvalue weighted by Gasteiger charge is 2.24. The highest BCUT2D eigenvalue weighted by Crippen LogP contribution is 2.27. The predicted molar refractivity (Wildman–Crippen MR) is 79.7 cm³/mol. The molecule has 0 saturated carbocycles. The van der Waals surface area contributed by atoms with E-state index in [0.717, 1.165) is 0 Å². The first kappa shape index (κ1) is 14.1. The van der Waals surface area contributed by atoms with Crippen LogP contribution >= 0.6 is 27.5 Å².